The molecular formula is C16H25NO2. The van der Waals surface area contributed by atoms with E-state index in [-0.39, 0.29) is 6.04 Å². The monoisotopic (exact) mass is 263 g/mol. The van der Waals surface area contributed by atoms with Gasteiger partial charge in [-0.3, -0.25) is 0 Å². The Hall–Kier alpha value is -1.06. The zero-order valence-electron chi connectivity index (χ0n) is 11.9. The van der Waals surface area contributed by atoms with Crippen LogP contribution in [0.5, 0.6) is 5.75 Å². The van der Waals surface area contributed by atoms with Crippen LogP contribution in [0.3, 0.4) is 0 Å². The van der Waals surface area contributed by atoms with Crippen molar-refractivity contribution in [2.45, 2.75) is 45.3 Å². The van der Waals surface area contributed by atoms with E-state index >= 15 is 0 Å². The van der Waals surface area contributed by atoms with Gasteiger partial charge in [0.05, 0.1) is 12.7 Å². The molecule has 1 aromatic rings. The van der Waals surface area contributed by atoms with Gasteiger partial charge in [-0.25, -0.2) is 0 Å². The number of aliphatic hydroxyl groups is 1. The first-order valence-electron chi connectivity index (χ1n) is 7.38. The Bertz CT molecular complexity index is 394. The van der Waals surface area contributed by atoms with Gasteiger partial charge in [-0.2, -0.15) is 0 Å². The Labute approximate surface area is 116 Å². The highest BCUT2D eigenvalue weighted by Gasteiger charge is 2.27. The van der Waals surface area contributed by atoms with Crippen LogP contribution in [0.25, 0.3) is 0 Å². The van der Waals surface area contributed by atoms with E-state index in [2.05, 4.69) is 12.2 Å². The molecule has 1 aliphatic rings. The summed E-state index contributed by atoms with van der Waals surface area (Å²) in [6.07, 6.45) is 3.02. The second kappa shape index (κ2) is 6.92. The third-order valence-corrected chi connectivity index (χ3v) is 4.02. The lowest BCUT2D eigenvalue weighted by Gasteiger charge is -2.33. The average molecular weight is 263 g/mol. The summed E-state index contributed by atoms with van der Waals surface area (Å²) in [6, 6.07) is 7.97. The molecule has 3 nitrogen and oxygen atoms in total. The zero-order chi connectivity index (χ0) is 13.7. The molecule has 2 N–H and O–H groups in total. The molecule has 1 heterocycles. The SMILES string of the molecule is CCOc1cccc(C(O)C2CC(CC)CCN2)c1. The molecule has 3 unspecified atom stereocenters. The highest BCUT2D eigenvalue weighted by Crippen LogP contribution is 2.29. The third kappa shape index (κ3) is 3.71. The normalized spacial score (nSPS) is 25.0. The van der Waals surface area contributed by atoms with Gasteiger partial charge in [0, 0.05) is 6.04 Å². The first-order valence-corrected chi connectivity index (χ1v) is 7.38. The molecule has 0 bridgehead atoms. The fraction of sp³-hybridized carbons (Fsp3) is 0.625. The van der Waals surface area contributed by atoms with E-state index in [1.807, 2.05) is 31.2 Å². The van der Waals surface area contributed by atoms with Gasteiger partial charge >= 0.3 is 0 Å². The number of aliphatic hydroxyl groups excluding tert-OH is 1. The maximum Gasteiger partial charge on any atom is 0.119 e. The molecule has 2 rings (SSSR count). The summed E-state index contributed by atoms with van der Waals surface area (Å²) in [5.41, 5.74) is 0.945. The highest BCUT2D eigenvalue weighted by molar-refractivity contribution is 5.30. The Balaban J connectivity index is 2.05. The summed E-state index contributed by atoms with van der Waals surface area (Å²) in [5, 5.41) is 14.0. The highest BCUT2D eigenvalue weighted by atomic mass is 16.5. The van der Waals surface area contributed by atoms with Gasteiger partial charge in [-0.05, 0) is 49.9 Å². The van der Waals surface area contributed by atoms with Crippen LogP contribution in [0.15, 0.2) is 24.3 Å². The lowest BCUT2D eigenvalue weighted by atomic mass is 9.86. The maximum atomic E-state index is 10.5. The molecule has 0 radical (unpaired) electrons. The maximum absolute atomic E-state index is 10.5. The third-order valence-electron chi connectivity index (χ3n) is 4.02. The molecular weight excluding hydrogens is 238 g/mol. The number of hydrogen-bond donors (Lipinski definition) is 2. The van der Waals surface area contributed by atoms with E-state index in [0.717, 1.165) is 30.2 Å². The molecule has 0 amide bonds. The van der Waals surface area contributed by atoms with Crippen LogP contribution in [0.4, 0.5) is 0 Å². The first-order chi connectivity index (χ1) is 9.24. The summed E-state index contributed by atoms with van der Waals surface area (Å²) in [4.78, 5) is 0. The molecule has 1 saturated heterocycles. The van der Waals surface area contributed by atoms with E-state index in [4.69, 9.17) is 4.74 Å². The molecule has 0 saturated carbocycles. The smallest absolute Gasteiger partial charge is 0.119 e. The van der Waals surface area contributed by atoms with Crippen molar-refractivity contribution in [1.29, 1.82) is 0 Å². The Morgan fingerprint density at radius 1 is 1.42 bits per heavy atom. The van der Waals surface area contributed by atoms with Crippen molar-refractivity contribution in [3.05, 3.63) is 29.8 Å². The van der Waals surface area contributed by atoms with Gasteiger partial charge in [0.1, 0.15) is 5.75 Å². The summed E-state index contributed by atoms with van der Waals surface area (Å²) in [7, 11) is 0. The minimum atomic E-state index is -0.449. The summed E-state index contributed by atoms with van der Waals surface area (Å²) >= 11 is 0. The van der Waals surface area contributed by atoms with Crippen LogP contribution in [0, 0.1) is 5.92 Å². The molecule has 106 valence electrons. The average Bonchev–Trinajstić information content (AvgIpc) is 2.47. The van der Waals surface area contributed by atoms with Crippen molar-refractivity contribution in [2.24, 2.45) is 5.92 Å². The number of hydrogen-bond acceptors (Lipinski definition) is 3. The van der Waals surface area contributed by atoms with Crippen LogP contribution in [-0.4, -0.2) is 24.3 Å². The largest absolute Gasteiger partial charge is 0.494 e. The quantitative estimate of drug-likeness (QED) is 0.858. The van der Waals surface area contributed by atoms with E-state index < -0.39 is 6.10 Å². The Kier molecular flexibility index (Phi) is 5.23. The lowest BCUT2D eigenvalue weighted by molar-refractivity contribution is 0.0976. The fourth-order valence-electron chi connectivity index (χ4n) is 2.83. The molecule has 3 atom stereocenters. The second-order valence-electron chi connectivity index (χ2n) is 5.31. The predicted molar refractivity (Wildman–Crippen MR) is 77.4 cm³/mol. The van der Waals surface area contributed by atoms with Crippen molar-refractivity contribution in [3.8, 4) is 5.75 Å². The molecule has 1 fully saturated rings. The topological polar surface area (TPSA) is 41.5 Å². The van der Waals surface area contributed by atoms with Gasteiger partial charge < -0.3 is 15.2 Å². The summed E-state index contributed by atoms with van der Waals surface area (Å²) in [5.74, 6) is 1.57. The second-order valence-corrected chi connectivity index (χ2v) is 5.31. The van der Waals surface area contributed by atoms with Crippen LogP contribution in [0.1, 0.15) is 44.8 Å². The van der Waals surface area contributed by atoms with Crippen LogP contribution < -0.4 is 10.1 Å². The first kappa shape index (κ1) is 14.4. The summed E-state index contributed by atoms with van der Waals surface area (Å²) < 4.78 is 5.49. The molecule has 0 spiro atoms. The molecule has 0 aromatic heterocycles. The number of nitrogens with one attached hydrogen (secondary N) is 1. The molecule has 1 aromatic carbocycles. The van der Waals surface area contributed by atoms with E-state index in [0.29, 0.717) is 6.61 Å². The molecule has 3 heteroatoms. The summed E-state index contributed by atoms with van der Waals surface area (Å²) in [6.45, 7) is 5.86. The number of piperidine rings is 1. The number of benzene rings is 1. The van der Waals surface area contributed by atoms with Crippen molar-refractivity contribution in [2.75, 3.05) is 13.2 Å². The van der Waals surface area contributed by atoms with Crippen molar-refractivity contribution in [3.63, 3.8) is 0 Å². The molecule has 19 heavy (non-hydrogen) atoms. The Morgan fingerprint density at radius 3 is 3.00 bits per heavy atom. The van der Waals surface area contributed by atoms with Gasteiger partial charge in [-0.1, -0.05) is 25.5 Å². The Morgan fingerprint density at radius 2 is 2.26 bits per heavy atom. The van der Waals surface area contributed by atoms with Gasteiger partial charge in [-0.15, -0.1) is 0 Å². The van der Waals surface area contributed by atoms with Crippen molar-refractivity contribution < 1.29 is 9.84 Å². The molecule has 1 aliphatic heterocycles. The number of rotatable bonds is 5. The van der Waals surface area contributed by atoms with E-state index in [1.54, 1.807) is 0 Å². The minimum absolute atomic E-state index is 0.163. The van der Waals surface area contributed by atoms with Gasteiger partial charge in [0.25, 0.3) is 0 Å². The van der Waals surface area contributed by atoms with E-state index in [1.165, 1.54) is 12.8 Å². The lowest BCUT2D eigenvalue weighted by Crippen LogP contribution is -2.42. The minimum Gasteiger partial charge on any atom is -0.494 e. The van der Waals surface area contributed by atoms with Crippen molar-refractivity contribution in [1.82, 2.24) is 5.32 Å². The van der Waals surface area contributed by atoms with Gasteiger partial charge in [0.15, 0.2) is 0 Å². The fourth-order valence-corrected chi connectivity index (χ4v) is 2.83. The zero-order valence-corrected chi connectivity index (χ0v) is 11.9. The standard InChI is InChI=1S/C16H25NO2/c1-3-12-8-9-17-15(10-12)16(18)13-6-5-7-14(11-13)19-4-2/h5-7,11-12,15-18H,3-4,8-10H2,1-2H3. The van der Waals surface area contributed by atoms with E-state index in [9.17, 15) is 5.11 Å². The molecule has 0 aliphatic carbocycles. The predicted octanol–water partition coefficient (Wildman–Crippen LogP) is 2.90. The van der Waals surface area contributed by atoms with Crippen LogP contribution >= 0.6 is 0 Å². The van der Waals surface area contributed by atoms with Crippen LogP contribution in [0.2, 0.25) is 0 Å². The number of ether oxygens (including phenoxy) is 1. The van der Waals surface area contributed by atoms with Gasteiger partial charge in [0.2, 0.25) is 0 Å². The van der Waals surface area contributed by atoms with Crippen molar-refractivity contribution >= 4 is 0 Å². The van der Waals surface area contributed by atoms with Crippen LogP contribution in [-0.2, 0) is 0 Å².